The summed E-state index contributed by atoms with van der Waals surface area (Å²) >= 11 is 1.72. The lowest BCUT2D eigenvalue weighted by Gasteiger charge is -2.26. The second-order valence-corrected chi connectivity index (χ2v) is 7.88. The van der Waals surface area contributed by atoms with E-state index in [1.807, 2.05) is 0 Å². The second-order valence-electron chi connectivity index (χ2n) is 6.68. The number of anilines is 1. The Morgan fingerprint density at radius 1 is 1.27 bits per heavy atom. The Morgan fingerprint density at radius 3 is 2.96 bits per heavy atom. The van der Waals surface area contributed by atoms with Crippen LogP contribution in [0.4, 0.5) is 5.82 Å². The molecule has 0 aliphatic carbocycles. The fourth-order valence-corrected chi connectivity index (χ4v) is 4.55. The van der Waals surface area contributed by atoms with Crippen LogP contribution in [0.15, 0.2) is 24.3 Å². The number of nitrogens with one attached hydrogen (secondary N) is 1. The van der Waals surface area contributed by atoms with Crippen molar-refractivity contribution in [3.8, 4) is 0 Å². The summed E-state index contributed by atoms with van der Waals surface area (Å²) in [6, 6.07) is 8.53. The molecule has 5 nitrogen and oxygen atoms in total. The summed E-state index contributed by atoms with van der Waals surface area (Å²) in [6.45, 7) is 6.27. The number of aromatic nitrogens is 2. The summed E-state index contributed by atoms with van der Waals surface area (Å²) < 4.78 is 6.03. The fourth-order valence-electron chi connectivity index (χ4n) is 3.50. The van der Waals surface area contributed by atoms with E-state index in [-0.39, 0.29) is 6.10 Å². The van der Waals surface area contributed by atoms with Gasteiger partial charge in [0, 0.05) is 17.8 Å². The smallest absolute Gasteiger partial charge is 0.138 e. The molecule has 1 aliphatic rings. The highest BCUT2D eigenvalue weighted by atomic mass is 32.1. The SMILES string of the molecule is Cc1sc2nc(CCN)nc(NCC3OCCc4ccccc43)c2c1C. The van der Waals surface area contributed by atoms with Gasteiger partial charge >= 0.3 is 0 Å². The first-order valence-electron chi connectivity index (χ1n) is 9.07. The topological polar surface area (TPSA) is 73.1 Å². The molecule has 26 heavy (non-hydrogen) atoms. The van der Waals surface area contributed by atoms with Gasteiger partial charge in [0.2, 0.25) is 0 Å². The molecule has 3 aromatic rings. The second kappa shape index (κ2) is 7.31. The summed E-state index contributed by atoms with van der Waals surface area (Å²) in [4.78, 5) is 11.8. The summed E-state index contributed by atoms with van der Waals surface area (Å²) in [7, 11) is 0. The third-order valence-electron chi connectivity index (χ3n) is 4.99. The van der Waals surface area contributed by atoms with Gasteiger partial charge < -0.3 is 15.8 Å². The molecule has 0 spiro atoms. The van der Waals surface area contributed by atoms with Gasteiger partial charge in [0.05, 0.1) is 18.1 Å². The minimum atomic E-state index is 0.0444. The molecule has 2 aromatic heterocycles. The van der Waals surface area contributed by atoms with E-state index in [4.69, 9.17) is 20.4 Å². The molecular weight excluding hydrogens is 344 g/mol. The molecule has 4 rings (SSSR count). The van der Waals surface area contributed by atoms with E-state index in [1.165, 1.54) is 21.6 Å². The van der Waals surface area contributed by atoms with Gasteiger partial charge in [-0.3, -0.25) is 0 Å². The number of ether oxygens (including phenoxy) is 1. The van der Waals surface area contributed by atoms with Crippen LogP contribution in [0, 0.1) is 13.8 Å². The van der Waals surface area contributed by atoms with Crippen LogP contribution in [0.25, 0.3) is 10.2 Å². The standard InChI is InChI=1S/C20H24N4OS/c1-12-13(2)26-20-18(12)19(23-17(24-20)7-9-21)22-11-16-15-6-4-3-5-14(15)8-10-25-16/h3-6,16H,7-11,21H2,1-2H3,(H,22,23,24). The van der Waals surface area contributed by atoms with Crippen molar-refractivity contribution in [1.82, 2.24) is 9.97 Å². The molecular formula is C20H24N4OS. The molecule has 1 aromatic carbocycles. The van der Waals surface area contributed by atoms with Gasteiger partial charge in [-0.25, -0.2) is 9.97 Å². The Kier molecular flexibility index (Phi) is 4.89. The molecule has 1 atom stereocenters. The van der Waals surface area contributed by atoms with Crippen LogP contribution in [-0.4, -0.2) is 29.7 Å². The lowest BCUT2D eigenvalue weighted by atomic mass is 9.97. The maximum atomic E-state index is 6.03. The highest BCUT2D eigenvalue weighted by molar-refractivity contribution is 7.18. The molecule has 6 heteroatoms. The highest BCUT2D eigenvalue weighted by Gasteiger charge is 2.21. The molecule has 3 N–H and O–H groups in total. The molecule has 3 heterocycles. The van der Waals surface area contributed by atoms with Crippen molar-refractivity contribution in [3.05, 3.63) is 51.7 Å². The Labute approximate surface area is 157 Å². The van der Waals surface area contributed by atoms with Gasteiger partial charge in [0.15, 0.2) is 0 Å². The Morgan fingerprint density at radius 2 is 2.12 bits per heavy atom. The Balaban J connectivity index is 1.65. The first-order valence-corrected chi connectivity index (χ1v) is 9.89. The largest absolute Gasteiger partial charge is 0.371 e. The van der Waals surface area contributed by atoms with Crippen LogP contribution in [0.1, 0.15) is 33.5 Å². The lowest BCUT2D eigenvalue weighted by Crippen LogP contribution is -2.23. The zero-order chi connectivity index (χ0) is 18.1. The lowest BCUT2D eigenvalue weighted by molar-refractivity contribution is 0.0513. The van der Waals surface area contributed by atoms with Crippen LogP contribution >= 0.6 is 11.3 Å². The van der Waals surface area contributed by atoms with Gasteiger partial charge in [-0.2, -0.15) is 0 Å². The zero-order valence-electron chi connectivity index (χ0n) is 15.2. The molecule has 0 amide bonds. The monoisotopic (exact) mass is 368 g/mol. The van der Waals surface area contributed by atoms with Crippen LogP contribution in [0.2, 0.25) is 0 Å². The number of nitrogens with two attached hydrogens (primary N) is 1. The van der Waals surface area contributed by atoms with Gasteiger partial charge in [-0.15, -0.1) is 11.3 Å². The summed E-state index contributed by atoms with van der Waals surface area (Å²) in [6.07, 6.45) is 1.71. The van der Waals surface area contributed by atoms with Crippen molar-refractivity contribution in [3.63, 3.8) is 0 Å². The van der Waals surface area contributed by atoms with Crippen LogP contribution in [0.3, 0.4) is 0 Å². The molecule has 0 fully saturated rings. The van der Waals surface area contributed by atoms with Crippen LogP contribution < -0.4 is 11.1 Å². The van der Waals surface area contributed by atoms with Crippen molar-refractivity contribution in [2.45, 2.75) is 32.8 Å². The zero-order valence-corrected chi connectivity index (χ0v) is 16.0. The van der Waals surface area contributed by atoms with Gasteiger partial charge in [0.25, 0.3) is 0 Å². The summed E-state index contributed by atoms with van der Waals surface area (Å²) in [5, 5.41) is 4.66. The highest BCUT2D eigenvalue weighted by Crippen LogP contribution is 2.34. The number of nitrogens with zero attached hydrogens (tertiary/aromatic N) is 2. The minimum absolute atomic E-state index is 0.0444. The van der Waals surface area contributed by atoms with Crippen molar-refractivity contribution in [2.24, 2.45) is 5.73 Å². The molecule has 0 bridgehead atoms. The molecule has 136 valence electrons. The quantitative estimate of drug-likeness (QED) is 0.721. The molecule has 1 aliphatic heterocycles. The predicted octanol–water partition coefficient (Wildman–Crippen LogP) is 3.54. The predicted molar refractivity (Wildman–Crippen MR) is 107 cm³/mol. The van der Waals surface area contributed by atoms with Gasteiger partial charge in [-0.1, -0.05) is 24.3 Å². The van der Waals surface area contributed by atoms with E-state index in [2.05, 4.69) is 43.4 Å². The van der Waals surface area contributed by atoms with Crippen molar-refractivity contribution in [1.29, 1.82) is 0 Å². The summed E-state index contributed by atoms with van der Waals surface area (Å²) in [5.41, 5.74) is 9.62. The summed E-state index contributed by atoms with van der Waals surface area (Å²) in [5.74, 6) is 1.70. The molecule has 1 unspecified atom stereocenters. The Hall–Kier alpha value is -2.02. The van der Waals surface area contributed by atoms with Gasteiger partial charge in [-0.05, 0) is 43.5 Å². The Bertz CT molecular complexity index is 937. The van der Waals surface area contributed by atoms with Crippen LogP contribution in [0.5, 0.6) is 0 Å². The van der Waals surface area contributed by atoms with E-state index >= 15 is 0 Å². The normalized spacial score (nSPS) is 16.7. The number of fused-ring (bicyclic) bond motifs is 2. The maximum absolute atomic E-state index is 6.03. The van der Waals surface area contributed by atoms with E-state index in [1.54, 1.807) is 11.3 Å². The van der Waals surface area contributed by atoms with Crippen molar-refractivity contribution in [2.75, 3.05) is 25.0 Å². The average Bonchev–Trinajstić information content (AvgIpc) is 2.94. The number of hydrogen-bond acceptors (Lipinski definition) is 6. The molecule has 0 saturated heterocycles. The third kappa shape index (κ3) is 3.20. The van der Waals surface area contributed by atoms with Gasteiger partial charge in [0.1, 0.15) is 16.5 Å². The third-order valence-corrected chi connectivity index (χ3v) is 6.09. The molecule has 0 saturated carbocycles. The van der Waals surface area contributed by atoms with E-state index in [0.717, 1.165) is 34.9 Å². The molecule has 0 radical (unpaired) electrons. The van der Waals surface area contributed by atoms with Crippen molar-refractivity contribution >= 4 is 27.4 Å². The van der Waals surface area contributed by atoms with E-state index in [9.17, 15) is 0 Å². The maximum Gasteiger partial charge on any atom is 0.138 e. The number of benzene rings is 1. The van der Waals surface area contributed by atoms with E-state index in [0.29, 0.717) is 19.5 Å². The van der Waals surface area contributed by atoms with Crippen molar-refractivity contribution < 1.29 is 4.74 Å². The average molecular weight is 369 g/mol. The first-order chi connectivity index (χ1) is 12.7. The fraction of sp³-hybridized carbons (Fsp3) is 0.400. The number of rotatable bonds is 5. The van der Waals surface area contributed by atoms with E-state index < -0.39 is 0 Å². The number of aryl methyl sites for hydroxylation is 2. The number of hydrogen-bond donors (Lipinski definition) is 2. The number of thiophene rings is 1. The first kappa shape index (κ1) is 17.4. The van der Waals surface area contributed by atoms with Crippen LogP contribution in [-0.2, 0) is 17.6 Å². The minimum Gasteiger partial charge on any atom is -0.371 e.